The van der Waals surface area contributed by atoms with Gasteiger partial charge in [0, 0.05) is 12.7 Å². The minimum Gasteiger partial charge on any atom is -0.485 e. The summed E-state index contributed by atoms with van der Waals surface area (Å²) in [6.45, 7) is 2.37. The molecule has 1 atom stereocenters. The molecule has 1 aliphatic rings. The molecule has 178 valence electrons. The largest absolute Gasteiger partial charge is 0.485 e. The summed E-state index contributed by atoms with van der Waals surface area (Å²) in [5, 5.41) is 12.0. The van der Waals surface area contributed by atoms with Crippen molar-refractivity contribution >= 4 is 23.4 Å². The van der Waals surface area contributed by atoms with Crippen LogP contribution in [-0.4, -0.2) is 33.0 Å². The number of carbonyl (C=O) groups excluding carboxylic acids is 1. The first-order valence-corrected chi connectivity index (χ1v) is 12.1. The molecule has 0 fully saturated rings. The van der Waals surface area contributed by atoms with E-state index in [1.807, 2.05) is 91.3 Å². The van der Waals surface area contributed by atoms with Gasteiger partial charge in [-0.15, -0.1) is 10.2 Å². The fraction of sp³-hybridized carbons (Fsp3) is 0.192. The number of anilines is 1. The third kappa shape index (κ3) is 5.41. The van der Waals surface area contributed by atoms with E-state index in [1.54, 1.807) is 0 Å². The van der Waals surface area contributed by atoms with Crippen LogP contribution in [0.15, 0.2) is 78.0 Å². The summed E-state index contributed by atoms with van der Waals surface area (Å²) < 4.78 is 19.5. The van der Waals surface area contributed by atoms with E-state index >= 15 is 0 Å². The van der Waals surface area contributed by atoms with Crippen molar-refractivity contribution < 1.29 is 19.0 Å². The van der Waals surface area contributed by atoms with Crippen molar-refractivity contribution in [1.82, 2.24) is 14.8 Å². The molecule has 2 heterocycles. The van der Waals surface area contributed by atoms with Crippen LogP contribution in [0, 0.1) is 6.92 Å². The molecule has 1 N–H and O–H groups in total. The van der Waals surface area contributed by atoms with E-state index in [0.717, 1.165) is 5.75 Å². The molecule has 1 aliphatic heterocycles. The predicted molar refractivity (Wildman–Crippen MR) is 133 cm³/mol. The van der Waals surface area contributed by atoms with Crippen LogP contribution in [0.4, 0.5) is 5.69 Å². The number of hydrogen-bond acceptors (Lipinski definition) is 7. The van der Waals surface area contributed by atoms with E-state index in [0.29, 0.717) is 40.5 Å². The number of ether oxygens (including phenoxy) is 3. The lowest BCUT2D eigenvalue weighted by molar-refractivity contribution is -0.113. The Morgan fingerprint density at radius 1 is 1.03 bits per heavy atom. The molecule has 0 radical (unpaired) electrons. The number of aromatic nitrogens is 3. The summed E-state index contributed by atoms with van der Waals surface area (Å²) in [5.41, 5.74) is 1.87. The van der Waals surface area contributed by atoms with Gasteiger partial charge in [-0.25, -0.2) is 0 Å². The topological polar surface area (TPSA) is 87.5 Å². The van der Waals surface area contributed by atoms with Crippen molar-refractivity contribution in [3.63, 3.8) is 0 Å². The lowest BCUT2D eigenvalue weighted by Crippen LogP contribution is -2.24. The van der Waals surface area contributed by atoms with Crippen molar-refractivity contribution in [2.45, 2.75) is 18.2 Å². The second-order valence-corrected chi connectivity index (χ2v) is 8.98. The molecule has 35 heavy (non-hydrogen) atoms. The minimum absolute atomic E-state index is 0.141. The normalized spacial score (nSPS) is 14.4. The van der Waals surface area contributed by atoms with Gasteiger partial charge in [0.05, 0.1) is 5.75 Å². The van der Waals surface area contributed by atoms with Crippen molar-refractivity contribution in [2.24, 2.45) is 7.05 Å². The first-order valence-electron chi connectivity index (χ1n) is 11.1. The third-order valence-electron chi connectivity index (χ3n) is 5.39. The van der Waals surface area contributed by atoms with E-state index in [2.05, 4.69) is 15.5 Å². The molecule has 0 aliphatic carbocycles. The van der Waals surface area contributed by atoms with Crippen molar-refractivity contribution in [3.8, 4) is 23.0 Å². The molecule has 0 spiro atoms. The maximum Gasteiger partial charge on any atom is 0.234 e. The molecule has 9 heteroatoms. The Labute approximate surface area is 207 Å². The number of fused-ring (bicyclic) bond motifs is 1. The fourth-order valence-corrected chi connectivity index (χ4v) is 4.27. The predicted octanol–water partition coefficient (Wildman–Crippen LogP) is 5.16. The summed E-state index contributed by atoms with van der Waals surface area (Å²) >= 11 is 1.31. The number of thioether (sulfide) groups is 1. The minimum atomic E-state index is -0.369. The smallest absolute Gasteiger partial charge is 0.234 e. The van der Waals surface area contributed by atoms with Gasteiger partial charge in [0.2, 0.25) is 5.91 Å². The number of nitrogens with one attached hydrogen (secondary N) is 1. The zero-order chi connectivity index (χ0) is 24.2. The highest BCUT2D eigenvalue weighted by Crippen LogP contribution is 2.35. The Balaban J connectivity index is 1.14. The molecule has 0 bridgehead atoms. The number of nitrogens with zero attached hydrogens (tertiary/aromatic N) is 3. The molecule has 1 aromatic heterocycles. The average Bonchev–Trinajstić information content (AvgIpc) is 3.25. The van der Waals surface area contributed by atoms with Crippen molar-refractivity contribution in [3.05, 3.63) is 84.2 Å². The number of benzene rings is 3. The number of para-hydroxylation sites is 2. The maximum absolute atomic E-state index is 12.5. The van der Waals surface area contributed by atoms with Crippen LogP contribution in [0.1, 0.15) is 17.5 Å². The van der Waals surface area contributed by atoms with E-state index < -0.39 is 0 Å². The summed E-state index contributed by atoms with van der Waals surface area (Å²) in [4.78, 5) is 12.5. The van der Waals surface area contributed by atoms with Gasteiger partial charge in [-0.3, -0.25) is 4.79 Å². The van der Waals surface area contributed by atoms with E-state index in [1.165, 1.54) is 17.3 Å². The number of carbonyl (C=O) groups is 1. The lowest BCUT2D eigenvalue weighted by Gasteiger charge is -2.25. The Morgan fingerprint density at radius 3 is 2.46 bits per heavy atom. The zero-order valence-corrected chi connectivity index (χ0v) is 20.1. The highest BCUT2D eigenvalue weighted by atomic mass is 32.2. The fourth-order valence-electron chi connectivity index (χ4n) is 3.55. The summed E-state index contributed by atoms with van der Waals surface area (Å²) in [6, 6.07) is 22.6. The standard InChI is InChI=1S/C26H24N4O4S/c1-17-7-11-19(12-8-17)33-20-13-9-18(10-14-20)27-24(31)16-35-26-29-28-25(30(26)2)23-15-32-21-5-3-4-6-22(21)34-23/h3-14,23H,15-16H2,1-2H3,(H,27,31). The van der Waals surface area contributed by atoms with Gasteiger partial charge in [0.25, 0.3) is 0 Å². The highest BCUT2D eigenvalue weighted by molar-refractivity contribution is 7.99. The van der Waals surface area contributed by atoms with Crippen molar-refractivity contribution in [2.75, 3.05) is 17.7 Å². The molecule has 1 unspecified atom stereocenters. The van der Waals surface area contributed by atoms with E-state index in [9.17, 15) is 4.79 Å². The van der Waals surface area contributed by atoms with Gasteiger partial charge < -0.3 is 24.1 Å². The summed E-state index contributed by atoms with van der Waals surface area (Å²) in [5.74, 6) is 3.55. The Hall–Kier alpha value is -3.98. The molecule has 3 aromatic carbocycles. The van der Waals surface area contributed by atoms with Crippen LogP contribution in [-0.2, 0) is 11.8 Å². The molecule has 0 saturated carbocycles. The number of rotatable bonds is 7. The van der Waals surface area contributed by atoms with Gasteiger partial charge in [-0.2, -0.15) is 0 Å². The van der Waals surface area contributed by atoms with E-state index in [4.69, 9.17) is 14.2 Å². The van der Waals surface area contributed by atoms with Crippen LogP contribution < -0.4 is 19.5 Å². The summed E-state index contributed by atoms with van der Waals surface area (Å²) in [6.07, 6.45) is -0.369. The molecule has 5 rings (SSSR count). The van der Waals surface area contributed by atoms with Gasteiger partial charge in [0.1, 0.15) is 18.1 Å². The molecular formula is C26H24N4O4S. The molecule has 0 saturated heterocycles. The van der Waals surface area contributed by atoms with Crippen LogP contribution in [0.3, 0.4) is 0 Å². The monoisotopic (exact) mass is 488 g/mol. The Bertz CT molecular complexity index is 1320. The van der Waals surface area contributed by atoms with Crippen LogP contribution >= 0.6 is 11.8 Å². The second-order valence-electron chi connectivity index (χ2n) is 8.04. The molecular weight excluding hydrogens is 464 g/mol. The molecule has 8 nitrogen and oxygen atoms in total. The van der Waals surface area contributed by atoms with Crippen LogP contribution in [0.25, 0.3) is 0 Å². The highest BCUT2D eigenvalue weighted by Gasteiger charge is 2.27. The number of amides is 1. The van der Waals surface area contributed by atoms with Gasteiger partial charge in [-0.05, 0) is 55.5 Å². The molecule has 4 aromatic rings. The third-order valence-corrected chi connectivity index (χ3v) is 6.41. The maximum atomic E-state index is 12.5. The SMILES string of the molecule is Cc1ccc(Oc2ccc(NC(=O)CSc3nnc(C4COc5ccccc5O4)n3C)cc2)cc1. The Kier molecular flexibility index (Phi) is 6.58. The van der Waals surface area contributed by atoms with Crippen LogP contribution in [0.2, 0.25) is 0 Å². The average molecular weight is 489 g/mol. The quantitative estimate of drug-likeness (QED) is 0.360. The summed E-state index contributed by atoms with van der Waals surface area (Å²) in [7, 11) is 1.85. The zero-order valence-electron chi connectivity index (χ0n) is 19.3. The first-order chi connectivity index (χ1) is 17.0. The van der Waals surface area contributed by atoms with Crippen molar-refractivity contribution in [1.29, 1.82) is 0 Å². The first kappa shape index (κ1) is 22.8. The van der Waals surface area contributed by atoms with E-state index in [-0.39, 0.29) is 17.8 Å². The number of hydrogen-bond donors (Lipinski definition) is 1. The van der Waals surface area contributed by atoms with Gasteiger partial charge >= 0.3 is 0 Å². The number of aryl methyl sites for hydroxylation is 1. The second kappa shape index (κ2) is 10.1. The lowest BCUT2D eigenvalue weighted by atomic mass is 10.2. The van der Waals surface area contributed by atoms with Gasteiger partial charge in [-0.1, -0.05) is 41.6 Å². The van der Waals surface area contributed by atoms with Gasteiger partial charge in [0.15, 0.2) is 28.6 Å². The molecule has 1 amide bonds. The van der Waals surface area contributed by atoms with Crippen LogP contribution in [0.5, 0.6) is 23.0 Å². The Morgan fingerprint density at radius 2 is 1.71 bits per heavy atom.